The monoisotopic (exact) mass is 195 g/mol. The van der Waals surface area contributed by atoms with Gasteiger partial charge in [-0.1, -0.05) is 13.8 Å². The van der Waals surface area contributed by atoms with Gasteiger partial charge in [0.1, 0.15) is 5.54 Å². The average molecular weight is 195 g/mol. The zero-order valence-corrected chi connectivity index (χ0v) is 9.75. The molecular weight excluding hydrogens is 174 g/mol. The van der Waals surface area contributed by atoms with Crippen molar-refractivity contribution in [3.63, 3.8) is 0 Å². The Balaban J connectivity index is 2.84. The Morgan fingerprint density at radius 2 is 2.07 bits per heavy atom. The Hall–Kier alpha value is -0.590. The first-order chi connectivity index (χ1) is 6.59. The molecule has 2 unspecified atom stereocenters. The van der Waals surface area contributed by atoms with E-state index in [0.717, 1.165) is 26.1 Å². The third-order valence-electron chi connectivity index (χ3n) is 3.47. The second kappa shape index (κ2) is 4.29. The van der Waals surface area contributed by atoms with E-state index >= 15 is 0 Å². The molecule has 1 fully saturated rings. The van der Waals surface area contributed by atoms with E-state index in [2.05, 4.69) is 43.7 Å². The maximum absolute atomic E-state index is 9.37. The molecule has 80 valence electrons. The molecule has 14 heavy (non-hydrogen) atoms. The summed E-state index contributed by atoms with van der Waals surface area (Å²) in [6.07, 6.45) is 0.974. The van der Waals surface area contributed by atoms with Crippen LogP contribution in [0, 0.1) is 11.3 Å². The average Bonchev–Trinajstić information content (AvgIpc) is 2.46. The van der Waals surface area contributed by atoms with Crippen molar-refractivity contribution in [2.24, 2.45) is 0 Å². The van der Waals surface area contributed by atoms with Crippen LogP contribution in [0.2, 0.25) is 0 Å². The lowest BCUT2D eigenvalue weighted by molar-refractivity contribution is 0.158. The maximum Gasteiger partial charge on any atom is 0.123 e. The lowest BCUT2D eigenvalue weighted by Gasteiger charge is -2.33. The van der Waals surface area contributed by atoms with Gasteiger partial charge in [-0.05, 0) is 33.5 Å². The fourth-order valence-electron chi connectivity index (χ4n) is 2.49. The molecule has 1 aliphatic rings. The third-order valence-corrected chi connectivity index (χ3v) is 3.47. The van der Waals surface area contributed by atoms with Gasteiger partial charge in [0, 0.05) is 12.6 Å². The molecule has 0 aromatic carbocycles. The summed E-state index contributed by atoms with van der Waals surface area (Å²) >= 11 is 0. The molecule has 0 radical (unpaired) electrons. The van der Waals surface area contributed by atoms with E-state index < -0.39 is 0 Å². The van der Waals surface area contributed by atoms with Gasteiger partial charge in [0.15, 0.2) is 0 Å². The largest absolute Gasteiger partial charge is 0.301 e. The summed E-state index contributed by atoms with van der Waals surface area (Å²) in [5.41, 5.74) is -0.238. The number of hydrogen-bond acceptors (Lipinski definition) is 3. The molecule has 0 aromatic heterocycles. The molecule has 0 bridgehead atoms. The zero-order chi connectivity index (χ0) is 10.8. The number of rotatable bonds is 3. The highest BCUT2D eigenvalue weighted by atomic mass is 15.3. The molecule has 0 aromatic rings. The smallest absolute Gasteiger partial charge is 0.123 e. The van der Waals surface area contributed by atoms with E-state index in [9.17, 15) is 5.26 Å². The van der Waals surface area contributed by atoms with Gasteiger partial charge in [0.25, 0.3) is 0 Å². The fraction of sp³-hybridized carbons (Fsp3) is 0.909. The molecule has 1 rings (SSSR count). The molecule has 0 spiro atoms. The summed E-state index contributed by atoms with van der Waals surface area (Å²) in [5, 5.41) is 9.37. The number of likely N-dealkylation sites (N-methyl/N-ethyl adjacent to an activating group) is 2. The van der Waals surface area contributed by atoms with E-state index in [1.54, 1.807) is 0 Å². The minimum absolute atomic E-state index is 0.238. The van der Waals surface area contributed by atoms with Crippen molar-refractivity contribution in [1.29, 1.82) is 5.26 Å². The summed E-state index contributed by atoms with van der Waals surface area (Å²) in [7, 11) is 2.10. The molecule has 0 saturated carbocycles. The van der Waals surface area contributed by atoms with Crippen molar-refractivity contribution in [2.45, 2.75) is 38.8 Å². The van der Waals surface area contributed by atoms with E-state index in [-0.39, 0.29) is 5.54 Å². The minimum atomic E-state index is -0.238. The van der Waals surface area contributed by atoms with Gasteiger partial charge in [0.2, 0.25) is 0 Å². The highest BCUT2D eigenvalue weighted by Crippen LogP contribution is 2.30. The number of hydrogen-bond donors (Lipinski definition) is 0. The Morgan fingerprint density at radius 3 is 2.36 bits per heavy atom. The molecule has 3 heteroatoms. The van der Waals surface area contributed by atoms with Gasteiger partial charge in [-0.3, -0.25) is 4.90 Å². The lowest BCUT2D eigenvalue weighted by Crippen LogP contribution is -2.49. The van der Waals surface area contributed by atoms with Crippen molar-refractivity contribution in [2.75, 3.05) is 26.7 Å². The van der Waals surface area contributed by atoms with E-state index in [1.807, 2.05) is 0 Å². The number of nitriles is 1. The van der Waals surface area contributed by atoms with Crippen LogP contribution in [0.5, 0.6) is 0 Å². The third kappa shape index (κ3) is 1.77. The minimum Gasteiger partial charge on any atom is -0.301 e. The second-order valence-electron chi connectivity index (χ2n) is 4.28. The van der Waals surface area contributed by atoms with Crippen molar-refractivity contribution in [1.82, 2.24) is 9.80 Å². The van der Waals surface area contributed by atoms with E-state index in [0.29, 0.717) is 6.04 Å². The van der Waals surface area contributed by atoms with Crippen molar-refractivity contribution < 1.29 is 0 Å². The first-order valence-corrected chi connectivity index (χ1v) is 5.46. The second-order valence-corrected chi connectivity index (χ2v) is 4.28. The number of nitrogens with zero attached hydrogens (tertiary/aromatic N) is 3. The van der Waals surface area contributed by atoms with Crippen LogP contribution in [0.15, 0.2) is 0 Å². The molecule has 0 amide bonds. The Bertz CT molecular complexity index is 217. The van der Waals surface area contributed by atoms with Gasteiger partial charge >= 0.3 is 0 Å². The zero-order valence-electron chi connectivity index (χ0n) is 9.75. The first kappa shape index (κ1) is 11.5. The fourth-order valence-corrected chi connectivity index (χ4v) is 2.49. The summed E-state index contributed by atoms with van der Waals surface area (Å²) in [5.74, 6) is 0. The molecule has 0 aliphatic carbocycles. The molecule has 1 heterocycles. The lowest BCUT2D eigenvalue weighted by atomic mass is 9.96. The number of likely N-dealkylation sites (tertiary alicyclic amines) is 1. The normalized spacial score (nSPS) is 33.6. The van der Waals surface area contributed by atoms with Crippen LogP contribution in [0.3, 0.4) is 0 Å². The molecular formula is C11H21N3. The van der Waals surface area contributed by atoms with Gasteiger partial charge in [-0.2, -0.15) is 5.26 Å². The highest BCUT2D eigenvalue weighted by Gasteiger charge is 2.44. The standard InChI is InChI=1S/C11H21N3/c1-5-14(6-2)11(8-12)7-10(3)13(4)9-11/h10H,5-7,9H2,1-4H3. The van der Waals surface area contributed by atoms with Crippen LogP contribution < -0.4 is 0 Å². The first-order valence-electron chi connectivity index (χ1n) is 5.46. The molecule has 2 atom stereocenters. The summed E-state index contributed by atoms with van der Waals surface area (Å²) < 4.78 is 0. The van der Waals surface area contributed by atoms with Gasteiger partial charge in [0.05, 0.1) is 6.07 Å². The Morgan fingerprint density at radius 1 is 1.50 bits per heavy atom. The van der Waals surface area contributed by atoms with E-state index in [1.165, 1.54) is 0 Å². The highest BCUT2D eigenvalue weighted by molar-refractivity contribution is 5.15. The summed E-state index contributed by atoms with van der Waals surface area (Å²) in [6.45, 7) is 9.27. The van der Waals surface area contributed by atoms with Crippen LogP contribution in [-0.2, 0) is 0 Å². The quantitative estimate of drug-likeness (QED) is 0.680. The topological polar surface area (TPSA) is 30.3 Å². The molecule has 0 N–H and O–H groups in total. The van der Waals surface area contributed by atoms with Gasteiger partial charge < -0.3 is 4.90 Å². The van der Waals surface area contributed by atoms with Crippen LogP contribution in [0.1, 0.15) is 27.2 Å². The van der Waals surface area contributed by atoms with Gasteiger partial charge in [-0.15, -0.1) is 0 Å². The molecule has 1 saturated heterocycles. The molecule has 1 aliphatic heterocycles. The van der Waals surface area contributed by atoms with Gasteiger partial charge in [-0.25, -0.2) is 0 Å². The van der Waals surface area contributed by atoms with Crippen LogP contribution in [-0.4, -0.2) is 48.1 Å². The summed E-state index contributed by atoms with van der Waals surface area (Å²) in [4.78, 5) is 4.56. The Labute approximate surface area is 87.3 Å². The Kier molecular flexibility index (Phi) is 3.52. The predicted molar refractivity (Wildman–Crippen MR) is 58.0 cm³/mol. The summed E-state index contributed by atoms with van der Waals surface area (Å²) in [6, 6.07) is 3.05. The van der Waals surface area contributed by atoms with Crippen molar-refractivity contribution in [3.8, 4) is 6.07 Å². The predicted octanol–water partition coefficient (Wildman–Crippen LogP) is 1.31. The van der Waals surface area contributed by atoms with Crippen LogP contribution in [0.25, 0.3) is 0 Å². The molecule has 3 nitrogen and oxygen atoms in total. The van der Waals surface area contributed by atoms with E-state index in [4.69, 9.17) is 0 Å². The van der Waals surface area contributed by atoms with Crippen molar-refractivity contribution in [3.05, 3.63) is 0 Å². The maximum atomic E-state index is 9.37. The SMILES string of the molecule is CCN(CC)C1(C#N)CC(C)N(C)C1. The van der Waals surface area contributed by atoms with Crippen LogP contribution in [0.4, 0.5) is 0 Å². The van der Waals surface area contributed by atoms with Crippen molar-refractivity contribution >= 4 is 0 Å². The van der Waals surface area contributed by atoms with Crippen LogP contribution >= 0.6 is 0 Å².